The van der Waals surface area contributed by atoms with E-state index in [-0.39, 0.29) is 11.7 Å². The van der Waals surface area contributed by atoms with Crippen molar-refractivity contribution in [2.24, 2.45) is 0 Å². The first-order chi connectivity index (χ1) is 14.6. The van der Waals surface area contributed by atoms with Crippen molar-refractivity contribution in [3.05, 3.63) is 77.2 Å². The second-order valence-electron chi connectivity index (χ2n) is 6.53. The van der Waals surface area contributed by atoms with Gasteiger partial charge in [-0.05, 0) is 30.3 Å². The van der Waals surface area contributed by atoms with Gasteiger partial charge in [0.15, 0.2) is 0 Å². The maximum atomic E-state index is 13.1. The lowest BCUT2D eigenvalue weighted by Crippen LogP contribution is -2.38. The summed E-state index contributed by atoms with van der Waals surface area (Å²) in [6.45, 7) is 5.90. The summed E-state index contributed by atoms with van der Waals surface area (Å²) in [5.74, 6) is 0.800. The highest BCUT2D eigenvalue weighted by molar-refractivity contribution is 5.94. The minimum Gasteiger partial charge on any atom is -0.496 e. The molecule has 1 aromatic heterocycles. The number of benzene rings is 2. The molecule has 158 valence electrons. The van der Waals surface area contributed by atoms with Crippen LogP contribution < -0.4 is 9.47 Å². The summed E-state index contributed by atoms with van der Waals surface area (Å²) in [6, 6.07) is 15.1. The van der Waals surface area contributed by atoms with Crippen molar-refractivity contribution in [1.29, 1.82) is 0 Å². The molecule has 0 unspecified atom stereocenters. The van der Waals surface area contributed by atoms with E-state index in [1.807, 2.05) is 48.9 Å². The van der Waals surface area contributed by atoms with Gasteiger partial charge in [0, 0.05) is 23.7 Å². The van der Waals surface area contributed by atoms with Gasteiger partial charge in [0.05, 0.1) is 25.9 Å². The summed E-state index contributed by atoms with van der Waals surface area (Å²) < 4.78 is 26.1. The lowest BCUT2D eigenvalue weighted by molar-refractivity contribution is 0.0706. The third kappa shape index (κ3) is 4.79. The van der Waals surface area contributed by atoms with Crippen molar-refractivity contribution >= 4 is 5.91 Å². The molecule has 7 heteroatoms. The summed E-state index contributed by atoms with van der Waals surface area (Å²) in [4.78, 5) is 14.4. The van der Waals surface area contributed by atoms with Crippen LogP contribution in [0.1, 0.15) is 35.5 Å². The third-order valence-electron chi connectivity index (χ3n) is 4.72. The first-order valence-electron chi connectivity index (χ1n) is 10.0. The minimum absolute atomic E-state index is 0.121. The molecule has 0 fully saturated rings. The van der Waals surface area contributed by atoms with E-state index in [1.54, 1.807) is 12.0 Å². The summed E-state index contributed by atoms with van der Waals surface area (Å²) in [7, 11) is 1.63. The Balaban J connectivity index is 0.00000124. The van der Waals surface area contributed by atoms with E-state index >= 15 is 0 Å². The van der Waals surface area contributed by atoms with Crippen LogP contribution in [0, 0.1) is 5.82 Å². The normalized spacial score (nSPS) is 12.5. The van der Waals surface area contributed by atoms with E-state index in [4.69, 9.17) is 9.47 Å². The number of nitrogens with zero attached hydrogens (tertiary/aromatic N) is 3. The van der Waals surface area contributed by atoms with Crippen molar-refractivity contribution in [3.63, 3.8) is 0 Å². The summed E-state index contributed by atoms with van der Waals surface area (Å²) >= 11 is 0. The number of para-hydroxylation sites is 1. The largest absolute Gasteiger partial charge is 0.496 e. The molecule has 6 nitrogen and oxygen atoms in total. The Morgan fingerprint density at radius 1 is 1.10 bits per heavy atom. The van der Waals surface area contributed by atoms with E-state index in [2.05, 4.69) is 5.10 Å². The first-order valence-corrected chi connectivity index (χ1v) is 10.0. The second kappa shape index (κ2) is 9.91. The fourth-order valence-corrected chi connectivity index (χ4v) is 3.23. The van der Waals surface area contributed by atoms with Crippen LogP contribution in [0.5, 0.6) is 11.6 Å². The van der Waals surface area contributed by atoms with Gasteiger partial charge in [0.2, 0.25) is 5.88 Å². The molecule has 2 heterocycles. The maximum absolute atomic E-state index is 13.1. The van der Waals surface area contributed by atoms with Crippen LogP contribution >= 0.6 is 0 Å². The molecule has 1 aliphatic heterocycles. The number of halogens is 1. The number of carbonyl (C=O) groups excluding carboxylic acids is 1. The van der Waals surface area contributed by atoms with Crippen LogP contribution in [0.25, 0.3) is 0 Å². The molecule has 0 spiro atoms. The van der Waals surface area contributed by atoms with Crippen LogP contribution in [-0.2, 0) is 19.7 Å². The second-order valence-corrected chi connectivity index (χ2v) is 6.53. The zero-order chi connectivity index (χ0) is 21.5. The molecule has 3 aromatic rings. The fourth-order valence-electron chi connectivity index (χ4n) is 3.23. The fraction of sp³-hybridized carbons (Fsp3) is 0.304. The van der Waals surface area contributed by atoms with Gasteiger partial charge >= 0.3 is 0 Å². The predicted octanol–water partition coefficient (Wildman–Crippen LogP) is 4.29. The Hall–Kier alpha value is -3.35. The molecule has 30 heavy (non-hydrogen) atoms. The number of methoxy groups -OCH3 is 1. The number of aromatic nitrogens is 2. The molecular formula is C23H26FN3O3. The van der Waals surface area contributed by atoms with Crippen molar-refractivity contribution < 1.29 is 18.7 Å². The number of carbonyl (C=O) groups is 1. The Kier molecular flexibility index (Phi) is 7.06. The van der Waals surface area contributed by atoms with Gasteiger partial charge < -0.3 is 14.4 Å². The van der Waals surface area contributed by atoms with Gasteiger partial charge in [-0.15, -0.1) is 5.10 Å². The standard InChI is InChI=1S/C21H20FN3O3.C2H6/c1-27-19-5-3-2-4-16(19)14-28-20-12-18-13-24(10-11-25(18)23-20)21(26)15-6-8-17(22)9-7-15;1-2/h2-9,12H,10-11,13-14H2,1H3;1-2H3. The molecule has 1 amide bonds. The average molecular weight is 411 g/mol. The zero-order valence-electron chi connectivity index (χ0n) is 17.5. The number of hydrogen-bond donors (Lipinski definition) is 0. The van der Waals surface area contributed by atoms with Gasteiger partial charge in [-0.1, -0.05) is 32.0 Å². The molecular weight excluding hydrogens is 385 g/mol. The quantitative estimate of drug-likeness (QED) is 0.628. The van der Waals surface area contributed by atoms with Gasteiger partial charge in [0.1, 0.15) is 18.2 Å². The third-order valence-corrected chi connectivity index (χ3v) is 4.72. The molecule has 0 radical (unpaired) electrons. The van der Waals surface area contributed by atoms with Crippen LogP contribution in [0.15, 0.2) is 54.6 Å². The van der Waals surface area contributed by atoms with Crippen LogP contribution in [0.3, 0.4) is 0 Å². The van der Waals surface area contributed by atoms with E-state index in [1.165, 1.54) is 24.3 Å². The summed E-state index contributed by atoms with van der Waals surface area (Å²) in [6.07, 6.45) is 0. The van der Waals surface area contributed by atoms with E-state index in [9.17, 15) is 9.18 Å². The van der Waals surface area contributed by atoms with Crippen molar-refractivity contribution in [2.45, 2.75) is 33.5 Å². The van der Waals surface area contributed by atoms with Gasteiger partial charge in [0.25, 0.3) is 5.91 Å². The smallest absolute Gasteiger partial charge is 0.254 e. The summed E-state index contributed by atoms with van der Waals surface area (Å²) in [5, 5.41) is 4.47. The Bertz CT molecular complexity index is 986. The average Bonchev–Trinajstić information content (AvgIpc) is 3.21. The molecule has 0 aliphatic carbocycles. The lowest BCUT2D eigenvalue weighted by Gasteiger charge is -2.27. The monoisotopic (exact) mass is 411 g/mol. The molecule has 0 N–H and O–H groups in total. The highest BCUT2D eigenvalue weighted by Crippen LogP contribution is 2.23. The zero-order valence-corrected chi connectivity index (χ0v) is 17.5. The van der Waals surface area contributed by atoms with Crippen molar-refractivity contribution in [3.8, 4) is 11.6 Å². The highest BCUT2D eigenvalue weighted by atomic mass is 19.1. The molecule has 1 aliphatic rings. The topological polar surface area (TPSA) is 56.6 Å². The Morgan fingerprint density at radius 3 is 2.57 bits per heavy atom. The van der Waals surface area contributed by atoms with Crippen LogP contribution in [0.4, 0.5) is 4.39 Å². The number of fused-ring (bicyclic) bond motifs is 1. The Labute approximate surface area is 175 Å². The predicted molar refractivity (Wildman–Crippen MR) is 112 cm³/mol. The Morgan fingerprint density at radius 2 is 1.83 bits per heavy atom. The number of ether oxygens (including phenoxy) is 2. The van der Waals surface area contributed by atoms with Crippen LogP contribution in [-0.4, -0.2) is 34.2 Å². The van der Waals surface area contributed by atoms with Crippen molar-refractivity contribution in [1.82, 2.24) is 14.7 Å². The number of amides is 1. The number of rotatable bonds is 5. The molecule has 0 bridgehead atoms. The highest BCUT2D eigenvalue weighted by Gasteiger charge is 2.23. The molecule has 0 atom stereocenters. The molecule has 0 saturated heterocycles. The molecule has 2 aromatic carbocycles. The number of hydrogen-bond acceptors (Lipinski definition) is 4. The SMILES string of the molecule is CC.COc1ccccc1COc1cc2n(n1)CCN(C(=O)c1ccc(F)cc1)C2. The summed E-state index contributed by atoms with van der Waals surface area (Å²) in [5.41, 5.74) is 2.31. The maximum Gasteiger partial charge on any atom is 0.254 e. The first kappa shape index (κ1) is 21.4. The van der Waals surface area contributed by atoms with E-state index in [0.29, 0.717) is 37.7 Å². The lowest BCUT2D eigenvalue weighted by atomic mass is 10.1. The minimum atomic E-state index is -0.356. The van der Waals surface area contributed by atoms with Gasteiger partial charge in [-0.3, -0.25) is 9.48 Å². The molecule has 4 rings (SSSR count). The van der Waals surface area contributed by atoms with Gasteiger partial charge in [-0.25, -0.2) is 4.39 Å². The van der Waals surface area contributed by atoms with E-state index < -0.39 is 0 Å². The van der Waals surface area contributed by atoms with Gasteiger partial charge in [-0.2, -0.15) is 0 Å². The molecule has 0 saturated carbocycles. The van der Waals surface area contributed by atoms with E-state index in [0.717, 1.165) is 17.0 Å². The van der Waals surface area contributed by atoms with Crippen molar-refractivity contribution in [2.75, 3.05) is 13.7 Å². The van der Waals surface area contributed by atoms with Crippen LogP contribution in [0.2, 0.25) is 0 Å².